The van der Waals surface area contributed by atoms with Gasteiger partial charge < -0.3 is 19.7 Å². The fourth-order valence-corrected chi connectivity index (χ4v) is 4.94. The molecule has 2 amide bonds. The highest BCUT2D eigenvalue weighted by molar-refractivity contribution is 6.30. The monoisotopic (exact) mass is 546 g/mol. The maximum atomic E-state index is 13.4. The SMILES string of the molecule is COc1cccc(C=C2Oc3ccccc3N(CC(=O)NCCN3CCN(c4cccc(Cl)c4)CC3)C2=O)c1. The van der Waals surface area contributed by atoms with E-state index < -0.39 is 0 Å². The van der Waals surface area contributed by atoms with Crippen molar-refractivity contribution in [1.82, 2.24) is 10.2 Å². The Bertz CT molecular complexity index is 1370. The number of nitrogens with zero attached hydrogens (tertiary/aromatic N) is 3. The molecule has 0 aliphatic carbocycles. The number of anilines is 2. The minimum absolute atomic E-state index is 0.1000. The first-order valence-corrected chi connectivity index (χ1v) is 13.3. The molecule has 1 saturated heterocycles. The van der Waals surface area contributed by atoms with E-state index in [2.05, 4.69) is 21.2 Å². The minimum Gasteiger partial charge on any atom is -0.497 e. The molecule has 0 atom stereocenters. The van der Waals surface area contributed by atoms with Crippen LogP contribution in [-0.2, 0) is 9.59 Å². The molecule has 0 spiro atoms. The molecule has 3 aromatic rings. The minimum atomic E-state index is -0.371. The van der Waals surface area contributed by atoms with E-state index in [0.29, 0.717) is 23.7 Å². The number of methoxy groups -OCH3 is 1. The van der Waals surface area contributed by atoms with E-state index in [1.807, 2.05) is 54.6 Å². The van der Waals surface area contributed by atoms with Crippen LogP contribution in [-0.4, -0.2) is 69.6 Å². The van der Waals surface area contributed by atoms with Gasteiger partial charge in [-0.05, 0) is 54.1 Å². The standard InChI is InChI=1S/C30H31ClN4O4/c1-38-25-9-4-6-22(18-25)19-28-30(37)35(26-10-2-3-11-27(26)39-28)21-29(36)32-12-13-33-14-16-34(17-15-33)24-8-5-7-23(31)20-24/h2-11,18-20H,12-17,21H2,1H3,(H,32,36). The van der Waals surface area contributed by atoms with Crippen LogP contribution in [0.2, 0.25) is 5.02 Å². The van der Waals surface area contributed by atoms with Gasteiger partial charge in [-0.1, -0.05) is 41.9 Å². The summed E-state index contributed by atoms with van der Waals surface area (Å²) in [6.45, 7) is 4.74. The number of hydrogen-bond acceptors (Lipinski definition) is 6. The summed E-state index contributed by atoms with van der Waals surface area (Å²) < 4.78 is 11.2. The molecule has 9 heteroatoms. The maximum Gasteiger partial charge on any atom is 0.294 e. The van der Waals surface area contributed by atoms with Crippen LogP contribution in [0.15, 0.2) is 78.6 Å². The third-order valence-electron chi connectivity index (χ3n) is 6.82. The van der Waals surface area contributed by atoms with Crippen molar-refractivity contribution in [1.29, 1.82) is 0 Å². The lowest BCUT2D eigenvalue weighted by molar-refractivity contribution is -0.123. The zero-order valence-corrected chi connectivity index (χ0v) is 22.6. The molecule has 0 unspecified atom stereocenters. The second-order valence-corrected chi connectivity index (χ2v) is 9.84. The average molecular weight is 547 g/mol. The molecule has 202 valence electrons. The third kappa shape index (κ3) is 6.53. The Morgan fingerprint density at radius 3 is 2.62 bits per heavy atom. The van der Waals surface area contributed by atoms with Crippen LogP contribution >= 0.6 is 11.6 Å². The van der Waals surface area contributed by atoms with E-state index in [1.54, 1.807) is 25.3 Å². The van der Waals surface area contributed by atoms with Crippen LogP contribution in [0.3, 0.4) is 0 Å². The fraction of sp³-hybridized carbons (Fsp3) is 0.267. The van der Waals surface area contributed by atoms with Crippen LogP contribution < -0.4 is 24.6 Å². The molecule has 0 bridgehead atoms. The van der Waals surface area contributed by atoms with Crippen molar-refractivity contribution in [3.8, 4) is 11.5 Å². The maximum absolute atomic E-state index is 13.4. The van der Waals surface area contributed by atoms with Crippen LogP contribution in [0.1, 0.15) is 5.56 Å². The van der Waals surface area contributed by atoms with Gasteiger partial charge in [-0.2, -0.15) is 0 Å². The lowest BCUT2D eigenvalue weighted by Crippen LogP contribution is -2.49. The Morgan fingerprint density at radius 1 is 1.03 bits per heavy atom. The molecular formula is C30H31ClN4O4. The zero-order chi connectivity index (χ0) is 27.2. The molecule has 2 heterocycles. The van der Waals surface area contributed by atoms with Gasteiger partial charge in [0.25, 0.3) is 5.91 Å². The summed E-state index contributed by atoms with van der Waals surface area (Å²) in [5.74, 6) is 0.751. The van der Waals surface area contributed by atoms with E-state index in [4.69, 9.17) is 21.1 Å². The summed E-state index contributed by atoms with van der Waals surface area (Å²) in [7, 11) is 1.59. The van der Waals surface area contributed by atoms with Gasteiger partial charge in [0.15, 0.2) is 11.5 Å². The van der Waals surface area contributed by atoms with E-state index in [0.717, 1.165) is 49.0 Å². The number of fused-ring (bicyclic) bond motifs is 1. The Morgan fingerprint density at radius 2 is 1.82 bits per heavy atom. The van der Waals surface area contributed by atoms with Gasteiger partial charge in [-0.3, -0.25) is 19.4 Å². The molecule has 0 aromatic heterocycles. The first-order valence-electron chi connectivity index (χ1n) is 12.9. The van der Waals surface area contributed by atoms with Crippen LogP contribution in [0.25, 0.3) is 6.08 Å². The Hall–Kier alpha value is -4.01. The summed E-state index contributed by atoms with van der Waals surface area (Å²) in [6, 6.07) is 22.5. The number of carbonyl (C=O) groups is 2. The van der Waals surface area contributed by atoms with Gasteiger partial charge in [0.05, 0.1) is 12.8 Å². The van der Waals surface area contributed by atoms with Gasteiger partial charge in [0.1, 0.15) is 12.3 Å². The topological polar surface area (TPSA) is 74.4 Å². The number of rotatable bonds is 8. The van der Waals surface area contributed by atoms with Crippen molar-refractivity contribution in [3.05, 3.63) is 89.1 Å². The summed E-state index contributed by atoms with van der Waals surface area (Å²) in [4.78, 5) is 32.4. The van der Waals surface area contributed by atoms with Gasteiger partial charge in [-0.15, -0.1) is 0 Å². The molecule has 0 radical (unpaired) electrons. The van der Waals surface area contributed by atoms with Gasteiger partial charge in [0.2, 0.25) is 5.91 Å². The largest absolute Gasteiger partial charge is 0.497 e. The van der Waals surface area contributed by atoms with E-state index in [9.17, 15) is 9.59 Å². The number of benzene rings is 3. The summed E-state index contributed by atoms with van der Waals surface area (Å²) in [6.07, 6.45) is 1.66. The van der Waals surface area contributed by atoms with Crippen molar-refractivity contribution in [2.45, 2.75) is 0 Å². The number of ether oxygens (including phenoxy) is 2. The first-order chi connectivity index (χ1) is 19.0. The second kappa shape index (κ2) is 12.2. The van der Waals surface area contributed by atoms with Crippen LogP contribution in [0, 0.1) is 0 Å². The van der Waals surface area contributed by atoms with E-state index >= 15 is 0 Å². The summed E-state index contributed by atoms with van der Waals surface area (Å²) >= 11 is 6.14. The van der Waals surface area contributed by atoms with Crippen LogP contribution in [0.4, 0.5) is 11.4 Å². The molecule has 5 rings (SSSR count). The van der Waals surface area contributed by atoms with Gasteiger partial charge in [0, 0.05) is 50.0 Å². The predicted octanol–water partition coefficient (Wildman–Crippen LogP) is 4.05. The van der Waals surface area contributed by atoms with Crippen LogP contribution in [0.5, 0.6) is 11.5 Å². The lowest BCUT2D eigenvalue weighted by Gasteiger charge is -2.36. The number of hydrogen-bond donors (Lipinski definition) is 1. The second-order valence-electron chi connectivity index (χ2n) is 9.40. The van der Waals surface area contributed by atoms with Crippen molar-refractivity contribution in [2.24, 2.45) is 0 Å². The lowest BCUT2D eigenvalue weighted by atomic mass is 10.1. The highest BCUT2D eigenvalue weighted by Crippen LogP contribution is 2.35. The molecular weight excluding hydrogens is 516 g/mol. The summed E-state index contributed by atoms with van der Waals surface area (Å²) in [5, 5.41) is 3.71. The molecule has 3 aromatic carbocycles. The molecule has 2 aliphatic rings. The van der Waals surface area contributed by atoms with Crippen molar-refractivity contribution < 1.29 is 19.1 Å². The number of amides is 2. The fourth-order valence-electron chi connectivity index (χ4n) is 4.76. The normalized spacial score (nSPS) is 16.6. The smallest absolute Gasteiger partial charge is 0.294 e. The van der Waals surface area contributed by atoms with E-state index in [1.165, 1.54) is 4.90 Å². The number of piperazine rings is 1. The Balaban J connectivity index is 1.17. The number of halogens is 1. The predicted molar refractivity (Wildman–Crippen MR) is 154 cm³/mol. The third-order valence-corrected chi connectivity index (χ3v) is 7.06. The Kier molecular flexibility index (Phi) is 8.34. The number of para-hydroxylation sites is 2. The molecule has 0 saturated carbocycles. The highest BCUT2D eigenvalue weighted by atomic mass is 35.5. The number of carbonyl (C=O) groups excluding carboxylic acids is 2. The van der Waals surface area contributed by atoms with Gasteiger partial charge in [-0.25, -0.2) is 0 Å². The highest BCUT2D eigenvalue weighted by Gasteiger charge is 2.31. The molecule has 39 heavy (non-hydrogen) atoms. The zero-order valence-electron chi connectivity index (χ0n) is 21.8. The van der Waals surface area contributed by atoms with Crippen molar-refractivity contribution in [3.63, 3.8) is 0 Å². The Labute approximate surface area is 233 Å². The molecule has 2 aliphatic heterocycles. The van der Waals surface area contributed by atoms with Gasteiger partial charge >= 0.3 is 0 Å². The quantitative estimate of drug-likeness (QED) is 0.430. The number of nitrogens with one attached hydrogen (secondary N) is 1. The summed E-state index contributed by atoms with van der Waals surface area (Å²) in [5.41, 5.74) is 2.46. The average Bonchev–Trinajstić information content (AvgIpc) is 2.96. The van der Waals surface area contributed by atoms with E-state index in [-0.39, 0.29) is 24.1 Å². The molecule has 1 fully saturated rings. The molecule has 8 nitrogen and oxygen atoms in total. The van der Waals surface area contributed by atoms with Crippen molar-refractivity contribution >= 4 is 40.9 Å². The first kappa shape index (κ1) is 26.6. The van der Waals surface area contributed by atoms with Crippen molar-refractivity contribution in [2.75, 3.05) is 62.7 Å². The molecule has 1 N–H and O–H groups in total.